The van der Waals surface area contributed by atoms with Gasteiger partial charge in [0, 0.05) is 0 Å². The Morgan fingerprint density at radius 3 is 2.15 bits per heavy atom. The Morgan fingerprint density at radius 1 is 1.38 bits per heavy atom. The largest absolute Gasteiger partial charge is 0.453 e. The standard InChI is InChI=1S/C6H4ClF3O3/c1-3(6(8,9)10)5(12)13-2-4(7)11/h1-2H2. The van der Waals surface area contributed by atoms with Crippen LogP contribution in [0.15, 0.2) is 12.2 Å². The van der Waals surface area contributed by atoms with Gasteiger partial charge in [0.25, 0.3) is 5.24 Å². The van der Waals surface area contributed by atoms with E-state index in [4.69, 9.17) is 11.6 Å². The third-order valence-electron chi connectivity index (χ3n) is 0.905. The smallest absolute Gasteiger partial charge is 0.422 e. The van der Waals surface area contributed by atoms with Gasteiger partial charge in [-0.1, -0.05) is 6.58 Å². The molecule has 0 rings (SSSR count). The molecule has 0 saturated carbocycles. The van der Waals surface area contributed by atoms with Crippen molar-refractivity contribution >= 4 is 22.8 Å². The second-order valence-corrected chi connectivity index (χ2v) is 2.33. The molecule has 0 bridgehead atoms. The number of ether oxygens (including phenoxy) is 1. The van der Waals surface area contributed by atoms with Crippen molar-refractivity contribution < 1.29 is 27.5 Å². The molecule has 0 N–H and O–H groups in total. The van der Waals surface area contributed by atoms with E-state index in [0.29, 0.717) is 0 Å². The minimum atomic E-state index is -4.85. The van der Waals surface area contributed by atoms with Crippen molar-refractivity contribution in [2.75, 3.05) is 6.61 Å². The third kappa shape index (κ3) is 4.51. The molecule has 0 spiro atoms. The van der Waals surface area contributed by atoms with Crippen LogP contribution in [-0.4, -0.2) is 24.0 Å². The van der Waals surface area contributed by atoms with E-state index in [9.17, 15) is 22.8 Å². The Labute approximate surface area is 76.1 Å². The first kappa shape index (κ1) is 12.0. The van der Waals surface area contributed by atoms with E-state index in [2.05, 4.69) is 11.3 Å². The van der Waals surface area contributed by atoms with Crippen LogP contribution in [0.1, 0.15) is 0 Å². The summed E-state index contributed by atoms with van der Waals surface area (Å²) in [5.74, 6) is -1.71. The van der Waals surface area contributed by atoms with Gasteiger partial charge in [-0.25, -0.2) is 4.79 Å². The molecule has 0 atom stereocenters. The van der Waals surface area contributed by atoms with E-state index in [0.717, 1.165) is 0 Å². The SMILES string of the molecule is C=C(C(=O)OCC(=O)Cl)C(F)(F)F. The highest BCUT2D eigenvalue weighted by molar-refractivity contribution is 6.64. The molecule has 74 valence electrons. The fourth-order valence-electron chi connectivity index (χ4n) is 0.325. The molecule has 0 saturated heterocycles. The lowest BCUT2D eigenvalue weighted by molar-refractivity contribution is -0.152. The fourth-order valence-corrected chi connectivity index (χ4v) is 0.380. The van der Waals surface area contributed by atoms with Crippen LogP contribution in [0.2, 0.25) is 0 Å². The Bertz CT molecular complexity index is 246. The van der Waals surface area contributed by atoms with Crippen molar-refractivity contribution in [3.63, 3.8) is 0 Å². The first-order valence-electron chi connectivity index (χ1n) is 2.86. The number of alkyl halides is 3. The average molecular weight is 217 g/mol. The maximum atomic E-state index is 11.7. The first-order valence-corrected chi connectivity index (χ1v) is 3.24. The van der Waals surface area contributed by atoms with Gasteiger partial charge >= 0.3 is 12.1 Å². The van der Waals surface area contributed by atoms with E-state index in [1.807, 2.05) is 0 Å². The van der Waals surface area contributed by atoms with Crippen LogP contribution >= 0.6 is 11.6 Å². The van der Waals surface area contributed by atoms with Gasteiger partial charge < -0.3 is 4.74 Å². The zero-order valence-electron chi connectivity index (χ0n) is 6.15. The van der Waals surface area contributed by atoms with Crippen molar-refractivity contribution in [2.24, 2.45) is 0 Å². The maximum absolute atomic E-state index is 11.7. The Morgan fingerprint density at radius 2 is 1.85 bits per heavy atom. The van der Waals surface area contributed by atoms with Crippen LogP contribution in [0, 0.1) is 0 Å². The van der Waals surface area contributed by atoms with Crippen LogP contribution in [0.4, 0.5) is 13.2 Å². The van der Waals surface area contributed by atoms with Gasteiger partial charge in [-0.3, -0.25) is 4.79 Å². The summed E-state index contributed by atoms with van der Waals surface area (Å²) in [6.45, 7) is 1.54. The highest BCUT2D eigenvalue weighted by Crippen LogP contribution is 2.24. The van der Waals surface area contributed by atoms with Crippen molar-refractivity contribution in [3.05, 3.63) is 12.2 Å². The summed E-state index contributed by atoms with van der Waals surface area (Å²) in [5, 5.41) is -1.07. The number of esters is 1. The number of halogens is 4. The molecule has 0 aliphatic rings. The molecule has 0 aromatic carbocycles. The summed E-state index contributed by atoms with van der Waals surface area (Å²) < 4.78 is 39.0. The topological polar surface area (TPSA) is 43.4 Å². The summed E-state index contributed by atoms with van der Waals surface area (Å²) in [6.07, 6.45) is -4.85. The van der Waals surface area contributed by atoms with Crippen molar-refractivity contribution in [1.82, 2.24) is 0 Å². The molecular formula is C6H4ClF3O3. The molecule has 0 aliphatic heterocycles. The average Bonchev–Trinajstić information content (AvgIpc) is 1.96. The number of carbonyl (C=O) groups excluding carboxylic acids is 2. The lowest BCUT2D eigenvalue weighted by Crippen LogP contribution is -2.22. The predicted octanol–water partition coefficient (Wildman–Crippen LogP) is 1.41. The zero-order valence-corrected chi connectivity index (χ0v) is 6.91. The highest BCUT2D eigenvalue weighted by atomic mass is 35.5. The van der Waals surface area contributed by atoms with Gasteiger partial charge in [-0.05, 0) is 11.6 Å². The van der Waals surface area contributed by atoms with E-state index < -0.39 is 29.6 Å². The molecule has 0 amide bonds. The van der Waals surface area contributed by atoms with Crippen LogP contribution in [0.3, 0.4) is 0 Å². The van der Waals surface area contributed by atoms with E-state index in [1.54, 1.807) is 0 Å². The first-order chi connectivity index (χ1) is 5.75. The number of hydrogen-bond donors (Lipinski definition) is 0. The second kappa shape index (κ2) is 4.27. The number of hydrogen-bond acceptors (Lipinski definition) is 3. The fraction of sp³-hybridized carbons (Fsp3) is 0.333. The Kier molecular flexibility index (Phi) is 3.93. The maximum Gasteiger partial charge on any atom is 0.422 e. The second-order valence-electron chi connectivity index (χ2n) is 1.91. The van der Waals surface area contributed by atoms with Gasteiger partial charge in [-0.2, -0.15) is 13.2 Å². The Hall–Kier alpha value is -1.04. The molecule has 0 fully saturated rings. The highest BCUT2D eigenvalue weighted by Gasteiger charge is 2.38. The van der Waals surface area contributed by atoms with Crippen molar-refractivity contribution in [2.45, 2.75) is 6.18 Å². The molecule has 0 unspecified atom stereocenters. The van der Waals surface area contributed by atoms with Gasteiger partial charge in [0.15, 0.2) is 6.61 Å². The summed E-state index contributed by atoms with van der Waals surface area (Å²) in [7, 11) is 0. The van der Waals surface area contributed by atoms with E-state index >= 15 is 0 Å². The van der Waals surface area contributed by atoms with Gasteiger partial charge in [-0.15, -0.1) is 0 Å². The van der Waals surface area contributed by atoms with Crippen LogP contribution in [-0.2, 0) is 14.3 Å². The minimum Gasteiger partial charge on any atom is -0.453 e. The summed E-state index contributed by atoms with van der Waals surface area (Å²) in [4.78, 5) is 20.4. The van der Waals surface area contributed by atoms with Crippen molar-refractivity contribution in [1.29, 1.82) is 0 Å². The van der Waals surface area contributed by atoms with Crippen LogP contribution in [0.5, 0.6) is 0 Å². The molecule has 3 nitrogen and oxygen atoms in total. The lowest BCUT2D eigenvalue weighted by Gasteiger charge is -2.07. The molecule has 0 radical (unpaired) electrons. The molecule has 0 aromatic rings. The number of rotatable bonds is 3. The lowest BCUT2D eigenvalue weighted by atomic mass is 10.3. The van der Waals surface area contributed by atoms with Crippen molar-refractivity contribution in [3.8, 4) is 0 Å². The summed E-state index contributed by atoms with van der Waals surface area (Å²) >= 11 is 4.71. The monoisotopic (exact) mass is 216 g/mol. The molecule has 7 heteroatoms. The molecular weight excluding hydrogens is 213 g/mol. The molecule has 0 heterocycles. The van der Waals surface area contributed by atoms with Crippen LogP contribution < -0.4 is 0 Å². The normalized spacial score (nSPS) is 10.8. The Balaban J connectivity index is 4.14. The predicted molar refractivity (Wildman–Crippen MR) is 37.0 cm³/mol. The van der Waals surface area contributed by atoms with Gasteiger partial charge in [0.2, 0.25) is 0 Å². The third-order valence-corrected chi connectivity index (χ3v) is 1.01. The molecule has 0 aromatic heterocycles. The minimum absolute atomic E-state index is 0.907. The van der Waals surface area contributed by atoms with Crippen LogP contribution in [0.25, 0.3) is 0 Å². The van der Waals surface area contributed by atoms with E-state index in [1.165, 1.54) is 0 Å². The number of carbonyl (C=O) groups is 2. The summed E-state index contributed by atoms with van der Waals surface area (Å²) in [6, 6.07) is 0. The van der Waals surface area contributed by atoms with E-state index in [-0.39, 0.29) is 0 Å². The molecule has 13 heavy (non-hydrogen) atoms. The molecule has 0 aliphatic carbocycles. The summed E-state index contributed by atoms with van der Waals surface area (Å²) in [5.41, 5.74) is -1.68. The van der Waals surface area contributed by atoms with Gasteiger partial charge in [0.1, 0.15) is 5.57 Å². The van der Waals surface area contributed by atoms with Gasteiger partial charge in [0.05, 0.1) is 0 Å². The quantitative estimate of drug-likeness (QED) is 0.407. The zero-order chi connectivity index (χ0) is 10.6.